The molecule has 3 atom stereocenters. The first-order valence-corrected chi connectivity index (χ1v) is 17.6. The highest BCUT2D eigenvalue weighted by molar-refractivity contribution is 6.30. The molecule has 2 aliphatic heterocycles. The van der Waals surface area contributed by atoms with Crippen LogP contribution in [-0.4, -0.2) is 79.8 Å². The lowest BCUT2D eigenvalue weighted by atomic mass is 9.84. The molecule has 2 aromatic rings. The van der Waals surface area contributed by atoms with Crippen molar-refractivity contribution < 1.29 is 42.1 Å². The monoisotopic (exact) mass is 743 g/mol. The van der Waals surface area contributed by atoms with Gasteiger partial charge in [0.1, 0.15) is 23.3 Å². The van der Waals surface area contributed by atoms with Crippen molar-refractivity contribution >= 4 is 29.7 Å². The molecule has 2 heterocycles. The average Bonchev–Trinajstić information content (AvgIpc) is 3.08. The number of hydrogen-bond acceptors (Lipinski definition) is 7. The standard InChI is InChI=1S/C39H48ClF2N3O7/c1-7-8-9-32(25(2)10-15-31-23-45(37(48)52-38(3,4)5)24-39(51-31)16-18-50-19-17-39)43-35(46)34(44-36(47)49-6)33(26-11-13-28(40)14-12-26)27-20-29(41)22-30(42)21-27/h7-9,11-14,20-22,31,33-34H,2,10,15-19,23-24H2,1,3-6H3,(H,43,46)(H,44,47)/b8-7-,32-9+/t31-,33+,34+/m1/s1. The van der Waals surface area contributed by atoms with Gasteiger partial charge in [-0.2, -0.15) is 0 Å². The highest BCUT2D eigenvalue weighted by atomic mass is 35.5. The Morgan fingerprint density at radius 1 is 1.10 bits per heavy atom. The Kier molecular flexibility index (Phi) is 14.0. The number of methoxy groups -OCH3 is 1. The van der Waals surface area contributed by atoms with Crippen LogP contribution < -0.4 is 10.6 Å². The molecule has 2 aromatic carbocycles. The molecule has 0 aromatic heterocycles. The summed E-state index contributed by atoms with van der Waals surface area (Å²) in [4.78, 5) is 41.8. The van der Waals surface area contributed by atoms with Gasteiger partial charge < -0.3 is 34.5 Å². The summed E-state index contributed by atoms with van der Waals surface area (Å²) in [6, 6.07) is 7.90. The number of halogens is 3. The minimum absolute atomic E-state index is 0.0974. The molecular weight excluding hydrogens is 696 g/mol. The Balaban J connectivity index is 1.60. The number of morpholine rings is 1. The number of alkyl carbamates (subject to hydrolysis) is 1. The largest absolute Gasteiger partial charge is 0.453 e. The molecule has 52 heavy (non-hydrogen) atoms. The fourth-order valence-electron chi connectivity index (χ4n) is 6.33. The third-order valence-electron chi connectivity index (χ3n) is 8.79. The van der Waals surface area contributed by atoms with E-state index in [1.807, 2.05) is 27.7 Å². The fourth-order valence-corrected chi connectivity index (χ4v) is 6.46. The van der Waals surface area contributed by atoms with E-state index in [1.54, 1.807) is 47.4 Å². The quantitative estimate of drug-likeness (QED) is 0.228. The minimum Gasteiger partial charge on any atom is -0.453 e. The summed E-state index contributed by atoms with van der Waals surface area (Å²) in [6.45, 7) is 13.3. The molecular formula is C39H48ClF2N3O7. The van der Waals surface area contributed by atoms with Crippen molar-refractivity contribution in [1.29, 1.82) is 0 Å². The van der Waals surface area contributed by atoms with E-state index < -0.39 is 52.9 Å². The van der Waals surface area contributed by atoms with E-state index in [0.717, 1.165) is 25.3 Å². The Hall–Kier alpha value is -4.26. The van der Waals surface area contributed by atoms with Crippen LogP contribution in [0.1, 0.15) is 70.4 Å². The maximum Gasteiger partial charge on any atom is 0.410 e. The van der Waals surface area contributed by atoms with Gasteiger partial charge in [-0.15, -0.1) is 0 Å². The SMILES string of the molecule is C=C(CC[C@@H]1CN(C(=O)OC(C)(C)C)CC2(CCOCC2)O1)/C(=C\C=C/C)NC(=O)[C@@H](NC(=O)OC)[C@@H](c1ccc(Cl)cc1)c1cc(F)cc(F)c1. The number of nitrogens with one attached hydrogen (secondary N) is 2. The highest BCUT2D eigenvalue weighted by Gasteiger charge is 2.44. The summed E-state index contributed by atoms with van der Waals surface area (Å²) in [6.07, 6.45) is 5.55. The maximum atomic E-state index is 14.6. The number of ether oxygens (including phenoxy) is 4. The number of allylic oxidation sites excluding steroid dienone is 4. The lowest BCUT2D eigenvalue weighted by molar-refractivity contribution is -0.186. The van der Waals surface area contributed by atoms with Gasteiger partial charge in [0.15, 0.2) is 0 Å². The van der Waals surface area contributed by atoms with Crippen molar-refractivity contribution in [2.75, 3.05) is 33.4 Å². The smallest absolute Gasteiger partial charge is 0.410 e. The summed E-state index contributed by atoms with van der Waals surface area (Å²) in [7, 11) is 1.14. The average molecular weight is 744 g/mol. The van der Waals surface area contributed by atoms with Crippen molar-refractivity contribution in [1.82, 2.24) is 15.5 Å². The molecule has 0 unspecified atom stereocenters. The third-order valence-corrected chi connectivity index (χ3v) is 9.04. The maximum absolute atomic E-state index is 14.6. The van der Waals surface area contributed by atoms with Crippen LogP contribution >= 0.6 is 11.6 Å². The van der Waals surface area contributed by atoms with Crippen molar-refractivity contribution in [3.8, 4) is 0 Å². The fraction of sp³-hybridized carbons (Fsp3) is 0.462. The molecule has 2 aliphatic rings. The number of nitrogens with zero attached hydrogens (tertiary/aromatic N) is 1. The van der Waals surface area contributed by atoms with Crippen molar-refractivity contribution in [3.63, 3.8) is 0 Å². The van der Waals surface area contributed by atoms with Gasteiger partial charge >= 0.3 is 12.2 Å². The first-order valence-electron chi connectivity index (χ1n) is 17.2. The summed E-state index contributed by atoms with van der Waals surface area (Å²) in [5.74, 6) is -3.47. The van der Waals surface area contributed by atoms with E-state index in [9.17, 15) is 23.2 Å². The van der Waals surface area contributed by atoms with Crippen LogP contribution in [0.15, 0.2) is 78.5 Å². The highest BCUT2D eigenvalue weighted by Crippen LogP contribution is 2.35. The molecule has 10 nitrogen and oxygen atoms in total. The molecule has 0 saturated carbocycles. The van der Waals surface area contributed by atoms with Crippen LogP contribution in [0.5, 0.6) is 0 Å². The zero-order chi connectivity index (χ0) is 38.1. The van der Waals surface area contributed by atoms with Crippen LogP contribution in [0, 0.1) is 11.6 Å². The van der Waals surface area contributed by atoms with Crippen LogP contribution in [0.25, 0.3) is 0 Å². The number of amides is 3. The first kappa shape index (κ1) is 40.5. The Morgan fingerprint density at radius 2 is 1.75 bits per heavy atom. The molecule has 2 fully saturated rings. The molecule has 0 aliphatic carbocycles. The van der Waals surface area contributed by atoms with Gasteiger partial charge in [0.05, 0.1) is 31.9 Å². The Bertz CT molecular complexity index is 1630. The zero-order valence-electron chi connectivity index (χ0n) is 30.3. The van der Waals surface area contributed by atoms with Crippen LogP contribution in [-0.2, 0) is 23.7 Å². The topological polar surface area (TPSA) is 115 Å². The van der Waals surface area contributed by atoms with Gasteiger partial charge in [-0.1, -0.05) is 42.5 Å². The summed E-state index contributed by atoms with van der Waals surface area (Å²) >= 11 is 6.14. The van der Waals surface area contributed by atoms with E-state index >= 15 is 0 Å². The number of rotatable bonds is 11. The lowest BCUT2D eigenvalue weighted by Gasteiger charge is -2.48. The molecule has 0 bridgehead atoms. The predicted octanol–water partition coefficient (Wildman–Crippen LogP) is 7.57. The molecule has 3 amide bonds. The van der Waals surface area contributed by atoms with Crippen molar-refractivity contribution in [2.45, 2.75) is 82.6 Å². The Morgan fingerprint density at radius 3 is 2.35 bits per heavy atom. The number of carbonyl (C=O) groups is 3. The first-order chi connectivity index (χ1) is 24.6. The number of carbonyl (C=O) groups excluding carboxylic acids is 3. The van der Waals surface area contributed by atoms with Crippen molar-refractivity contribution in [3.05, 3.63) is 106 Å². The van der Waals surface area contributed by atoms with Crippen LogP contribution in [0.3, 0.4) is 0 Å². The van der Waals surface area contributed by atoms with Gasteiger partial charge in [-0.25, -0.2) is 18.4 Å². The van der Waals surface area contributed by atoms with Gasteiger partial charge in [-0.3, -0.25) is 4.79 Å². The van der Waals surface area contributed by atoms with E-state index in [1.165, 1.54) is 0 Å². The van der Waals surface area contributed by atoms with Crippen molar-refractivity contribution in [2.24, 2.45) is 0 Å². The van der Waals surface area contributed by atoms with E-state index in [-0.39, 0.29) is 11.7 Å². The van der Waals surface area contributed by atoms with Gasteiger partial charge in [0.2, 0.25) is 5.91 Å². The minimum atomic E-state index is -1.41. The normalized spacial score (nSPS) is 18.8. The number of benzene rings is 2. The van der Waals surface area contributed by atoms with Crippen LogP contribution in [0.2, 0.25) is 5.02 Å². The molecule has 2 saturated heterocycles. The van der Waals surface area contributed by atoms with Gasteiger partial charge in [0, 0.05) is 48.8 Å². The lowest BCUT2D eigenvalue weighted by Crippen LogP contribution is -2.59. The van der Waals surface area contributed by atoms with Gasteiger partial charge in [0.25, 0.3) is 0 Å². The molecule has 2 N–H and O–H groups in total. The van der Waals surface area contributed by atoms with E-state index in [4.69, 9.17) is 30.5 Å². The second-order valence-electron chi connectivity index (χ2n) is 14.0. The predicted molar refractivity (Wildman–Crippen MR) is 194 cm³/mol. The zero-order valence-corrected chi connectivity index (χ0v) is 31.1. The molecule has 0 radical (unpaired) electrons. The van der Waals surface area contributed by atoms with E-state index in [2.05, 4.69) is 17.2 Å². The summed E-state index contributed by atoms with van der Waals surface area (Å²) in [5.41, 5.74) is 0.206. The second kappa shape index (κ2) is 18.0. The molecule has 1 spiro atoms. The molecule has 13 heteroatoms. The Labute approximate surface area is 309 Å². The second-order valence-corrected chi connectivity index (χ2v) is 14.4. The van der Waals surface area contributed by atoms with E-state index in [0.29, 0.717) is 73.8 Å². The molecule has 282 valence electrons. The summed E-state index contributed by atoms with van der Waals surface area (Å²) in [5, 5.41) is 5.85. The third kappa shape index (κ3) is 11.4. The molecule has 4 rings (SSSR count). The summed E-state index contributed by atoms with van der Waals surface area (Å²) < 4.78 is 51.9. The van der Waals surface area contributed by atoms with Crippen LogP contribution in [0.4, 0.5) is 18.4 Å². The number of hydrogen-bond donors (Lipinski definition) is 2. The van der Waals surface area contributed by atoms with Gasteiger partial charge in [-0.05, 0) is 87.6 Å².